The van der Waals surface area contributed by atoms with Crippen LogP contribution in [0.4, 0.5) is 14.5 Å². The van der Waals surface area contributed by atoms with E-state index >= 15 is 0 Å². The molecule has 288 valence electrons. The molecular formula is C35H32Cl3F2N9O6. The quantitative estimate of drug-likeness (QED) is 0.114. The predicted octanol–water partition coefficient (Wildman–Crippen LogP) is 4.00. The molecule has 4 N–H and O–H groups in total. The Balaban J connectivity index is 0.000000207. The zero-order chi connectivity index (χ0) is 40.4. The number of carbonyl (C=O) groups is 2. The largest absolute Gasteiger partial charge is 0.478 e. The number of nitrogens with two attached hydrogens (primary N) is 1. The number of halogens is 5. The Labute approximate surface area is 326 Å². The van der Waals surface area contributed by atoms with E-state index in [1.54, 1.807) is 62.6 Å². The first kappa shape index (κ1) is 41.8. The Morgan fingerprint density at radius 2 is 1.24 bits per heavy atom. The summed E-state index contributed by atoms with van der Waals surface area (Å²) >= 11 is 16.2. The Morgan fingerprint density at radius 1 is 0.745 bits per heavy atom. The van der Waals surface area contributed by atoms with Crippen molar-refractivity contribution in [3.05, 3.63) is 120 Å². The SMILES string of the molecule is CNC(=O)COc1cc2cc(Cc3nc(Cl)ncc3F)ccc2n(C)c1=O.CNC(=O)COc1cc2cc(N)ccc2n(C)c1=O.Fc1cnc(Cl)nc1Cl. The number of fused-ring (bicyclic) bond motifs is 2. The molecule has 2 aromatic carbocycles. The van der Waals surface area contributed by atoms with Gasteiger partial charge >= 0.3 is 0 Å². The highest BCUT2D eigenvalue weighted by Gasteiger charge is 2.13. The van der Waals surface area contributed by atoms with Crippen molar-refractivity contribution in [3.8, 4) is 11.5 Å². The van der Waals surface area contributed by atoms with E-state index in [0.29, 0.717) is 16.6 Å². The van der Waals surface area contributed by atoms with Crippen LogP contribution in [0.2, 0.25) is 15.7 Å². The number of rotatable bonds is 8. The average molecular weight is 819 g/mol. The van der Waals surface area contributed by atoms with Crippen LogP contribution in [0.25, 0.3) is 21.8 Å². The number of anilines is 1. The Morgan fingerprint density at radius 3 is 1.75 bits per heavy atom. The molecule has 0 saturated heterocycles. The smallest absolute Gasteiger partial charge is 0.293 e. The van der Waals surface area contributed by atoms with Crippen molar-refractivity contribution < 1.29 is 27.8 Å². The van der Waals surface area contributed by atoms with E-state index in [4.69, 9.17) is 50.0 Å². The monoisotopic (exact) mass is 817 g/mol. The van der Waals surface area contributed by atoms with E-state index in [9.17, 15) is 28.0 Å². The highest BCUT2D eigenvalue weighted by Crippen LogP contribution is 2.22. The molecule has 0 unspecified atom stereocenters. The van der Waals surface area contributed by atoms with E-state index in [-0.39, 0.29) is 75.5 Å². The molecule has 20 heteroatoms. The van der Waals surface area contributed by atoms with Crippen molar-refractivity contribution in [2.45, 2.75) is 6.42 Å². The minimum atomic E-state index is -0.666. The summed E-state index contributed by atoms with van der Waals surface area (Å²) in [5.41, 5.74) is 8.05. The van der Waals surface area contributed by atoms with Crippen LogP contribution in [0.5, 0.6) is 11.5 Å². The van der Waals surface area contributed by atoms with Crippen LogP contribution in [0.3, 0.4) is 0 Å². The van der Waals surface area contributed by atoms with Gasteiger partial charge in [-0.1, -0.05) is 17.7 Å². The summed E-state index contributed by atoms with van der Waals surface area (Å²) in [5.74, 6) is -1.67. The summed E-state index contributed by atoms with van der Waals surface area (Å²) in [4.78, 5) is 61.1. The Hall–Kier alpha value is -5.91. The minimum absolute atomic E-state index is 0.0283. The van der Waals surface area contributed by atoms with Crippen LogP contribution in [0.15, 0.2) is 70.5 Å². The van der Waals surface area contributed by atoms with Gasteiger partial charge in [-0.15, -0.1) is 0 Å². The topological polar surface area (TPSA) is 198 Å². The lowest BCUT2D eigenvalue weighted by atomic mass is 10.1. The second-order valence-electron chi connectivity index (χ2n) is 11.3. The second-order valence-corrected chi connectivity index (χ2v) is 12.3. The van der Waals surface area contributed by atoms with Crippen LogP contribution in [0, 0.1) is 11.6 Å². The summed E-state index contributed by atoms with van der Waals surface area (Å²) in [7, 11) is 6.24. The molecule has 0 aliphatic carbocycles. The van der Waals surface area contributed by atoms with Crippen molar-refractivity contribution in [2.75, 3.05) is 33.0 Å². The summed E-state index contributed by atoms with van der Waals surface area (Å²) in [6, 6.07) is 13.8. The number of pyridine rings is 2. The molecule has 55 heavy (non-hydrogen) atoms. The molecule has 6 rings (SSSR count). The lowest BCUT2D eigenvalue weighted by Gasteiger charge is -2.11. The molecule has 2 amide bonds. The van der Waals surface area contributed by atoms with Gasteiger partial charge in [0.05, 0.1) is 29.1 Å². The van der Waals surface area contributed by atoms with Crippen LogP contribution in [-0.2, 0) is 30.1 Å². The van der Waals surface area contributed by atoms with Crippen LogP contribution < -0.4 is 37.0 Å². The molecule has 0 radical (unpaired) electrons. The standard InChI is InChI=1S/C18H16ClFN4O3.C13H15N3O3.C4HCl2FN2/c1-21-16(25)9-27-15-7-11-5-10(3-4-14(11)24(2)17(15)26)6-13-12(20)8-22-18(19)23-13;1-15-12(17)7-19-11-6-8-5-9(14)3-4-10(8)16(2)13(11)18;5-3-2(7)1-8-4(6)9-3/h3-5,7-8H,6,9H2,1-2H3,(H,21,25);3-6H,7,14H2,1-2H3,(H,15,17);1H. The fraction of sp³-hybridized carbons (Fsp3) is 0.200. The maximum absolute atomic E-state index is 13.9. The highest BCUT2D eigenvalue weighted by atomic mass is 35.5. The number of ether oxygens (including phenoxy) is 2. The zero-order valence-corrected chi connectivity index (χ0v) is 31.8. The summed E-state index contributed by atoms with van der Waals surface area (Å²) in [6.45, 7) is -0.457. The van der Waals surface area contributed by atoms with Crippen molar-refractivity contribution in [1.82, 2.24) is 39.7 Å². The van der Waals surface area contributed by atoms with Crippen molar-refractivity contribution >= 4 is 74.1 Å². The van der Waals surface area contributed by atoms with E-state index in [0.717, 1.165) is 28.9 Å². The van der Waals surface area contributed by atoms with Gasteiger partial charge in [0.1, 0.15) is 0 Å². The number of hydrogen-bond donors (Lipinski definition) is 3. The third kappa shape index (κ3) is 11.1. The number of aromatic nitrogens is 6. The number of aryl methyl sites for hydroxylation is 2. The number of nitrogens with one attached hydrogen (secondary N) is 2. The zero-order valence-electron chi connectivity index (χ0n) is 29.5. The number of carbonyl (C=O) groups excluding carboxylic acids is 2. The molecule has 0 aliphatic rings. The number of nitrogens with zero attached hydrogens (tertiary/aromatic N) is 6. The van der Waals surface area contributed by atoms with Gasteiger partial charge < -0.3 is 35.0 Å². The van der Waals surface area contributed by atoms with Gasteiger partial charge in [0.15, 0.2) is 41.5 Å². The fourth-order valence-corrected chi connectivity index (χ4v) is 5.20. The maximum Gasteiger partial charge on any atom is 0.293 e. The predicted molar refractivity (Wildman–Crippen MR) is 204 cm³/mol. The van der Waals surface area contributed by atoms with Gasteiger partial charge in [-0.05, 0) is 71.2 Å². The molecule has 4 heterocycles. The Bertz CT molecular complexity index is 2500. The third-order valence-electron chi connectivity index (χ3n) is 7.58. The summed E-state index contributed by atoms with van der Waals surface area (Å²) in [6.07, 6.45) is 2.15. The molecular weight excluding hydrogens is 787 g/mol. The number of likely N-dealkylation sites (N-methyl/N-ethyl adjacent to an activating group) is 2. The van der Waals surface area contributed by atoms with E-state index in [2.05, 4.69) is 30.6 Å². The van der Waals surface area contributed by atoms with E-state index in [1.807, 2.05) is 0 Å². The van der Waals surface area contributed by atoms with E-state index < -0.39 is 11.6 Å². The first-order chi connectivity index (χ1) is 26.1. The van der Waals surface area contributed by atoms with Gasteiger partial charge in [0.25, 0.3) is 22.9 Å². The average Bonchev–Trinajstić information content (AvgIpc) is 3.16. The first-order valence-corrected chi connectivity index (χ1v) is 16.9. The normalized spacial score (nSPS) is 10.5. The summed E-state index contributed by atoms with van der Waals surface area (Å²) < 4.78 is 39.5. The molecule has 15 nitrogen and oxygen atoms in total. The van der Waals surface area contributed by atoms with Gasteiger partial charge in [-0.2, -0.15) is 0 Å². The number of nitrogen functional groups attached to an aromatic ring is 1. The maximum atomic E-state index is 13.9. The lowest BCUT2D eigenvalue weighted by molar-refractivity contribution is -0.123. The van der Waals surface area contributed by atoms with Gasteiger partial charge in [-0.3, -0.25) is 19.2 Å². The molecule has 6 aromatic rings. The van der Waals surface area contributed by atoms with Crippen LogP contribution in [-0.4, -0.2) is 68.2 Å². The Kier molecular flexibility index (Phi) is 14.4. The number of benzene rings is 2. The van der Waals surface area contributed by atoms with Crippen LogP contribution >= 0.6 is 34.8 Å². The molecule has 0 spiro atoms. The van der Waals surface area contributed by atoms with Crippen molar-refractivity contribution in [2.24, 2.45) is 14.1 Å². The molecule has 0 atom stereocenters. The molecule has 0 saturated carbocycles. The lowest BCUT2D eigenvalue weighted by Crippen LogP contribution is -2.27. The van der Waals surface area contributed by atoms with E-state index in [1.165, 1.54) is 23.2 Å². The second kappa shape index (κ2) is 18.9. The van der Waals surface area contributed by atoms with Crippen molar-refractivity contribution in [1.29, 1.82) is 0 Å². The number of amides is 2. The van der Waals surface area contributed by atoms with Gasteiger partial charge in [0.2, 0.25) is 10.6 Å². The van der Waals surface area contributed by atoms with Crippen molar-refractivity contribution in [3.63, 3.8) is 0 Å². The fourth-order valence-electron chi connectivity index (χ4n) is 4.74. The van der Waals surface area contributed by atoms with Gasteiger partial charge in [-0.25, -0.2) is 28.7 Å². The molecule has 0 bridgehead atoms. The molecule has 4 aromatic heterocycles. The summed E-state index contributed by atoms with van der Waals surface area (Å²) in [5, 5.41) is 6.00. The highest BCUT2D eigenvalue weighted by molar-refractivity contribution is 6.31. The molecule has 0 fully saturated rings. The van der Waals surface area contributed by atoms with Gasteiger partial charge in [0, 0.05) is 51.1 Å². The molecule has 0 aliphatic heterocycles. The number of hydrogen-bond acceptors (Lipinski definition) is 11. The minimum Gasteiger partial charge on any atom is -0.478 e. The third-order valence-corrected chi connectivity index (χ3v) is 8.21. The van der Waals surface area contributed by atoms with Crippen LogP contribution in [0.1, 0.15) is 11.3 Å². The first-order valence-electron chi connectivity index (χ1n) is 15.8.